The van der Waals surface area contributed by atoms with Crippen LogP contribution in [0.25, 0.3) is 0 Å². The van der Waals surface area contributed by atoms with E-state index in [2.05, 4.69) is 37.0 Å². The van der Waals surface area contributed by atoms with Crippen LogP contribution in [0.2, 0.25) is 4.47 Å². The number of amides is 1. The topological polar surface area (TPSA) is 46.1 Å². The Labute approximate surface area is 116 Å². The van der Waals surface area contributed by atoms with Crippen molar-refractivity contribution in [2.75, 3.05) is 13.1 Å². The van der Waals surface area contributed by atoms with E-state index in [1.54, 1.807) is 4.90 Å². The molecule has 0 saturated heterocycles. The number of nitrogens with zero attached hydrogens (tertiary/aromatic N) is 3. The van der Waals surface area contributed by atoms with Crippen LogP contribution in [0.15, 0.2) is 11.6 Å². The van der Waals surface area contributed by atoms with Crippen molar-refractivity contribution in [2.24, 2.45) is 5.41 Å². The van der Waals surface area contributed by atoms with Gasteiger partial charge in [-0.05, 0) is 23.4 Å². The van der Waals surface area contributed by atoms with Crippen molar-refractivity contribution in [3.63, 3.8) is 0 Å². The maximum atomic E-state index is 12.1. The van der Waals surface area contributed by atoms with E-state index >= 15 is 0 Å². The summed E-state index contributed by atoms with van der Waals surface area (Å²) in [5.74, 6) is -0.0800. The minimum atomic E-state index is -0.0800. The second-order valence-electron chi connectivity index (χ2n) is 5.34. The third-order valence-corrected chi connectivity index (χ3v) is 4.05. The summed E-state index contributed by atoms with van der Waals surface area (Å²) in [6.07, 6.45) is 3.06. The first-order valence-electron chi connectivity index (χ1n) is 5.86. The summed E-state index contributed by atoms with van der Waals surface area (Å²) < 4.78 is 0.307. The number of carbonyl (C=O) groups excluding carboxylic acids is 1. The number of hydrogen-bond donors (Lipinski definition) is 0. The minimum Gasteiger partial charge on any atom is -0.332 e. The van der Waals surface area contributed by atoms with E-state index in [4.69, 9.17) is 11.6 Å². The fourth-order valence-corrected chi connectivity index (χ4v) is 2.76. The Morgan fingerprint density at radius 2 is 2.17 bits per heavy atom. The van der Waals surface area contributed by atoms with Crippen molar-refractivity contribution in [3.8, 4) is 0 Å². The lowest BCUT2D eigenvalue weighted by Crippen LogP contribution is -2.36. The Bertz CT molecular complexity index is 490. The van der Waals surface area contributed by atoms with Gasteiger partial charge in [-0.1, -0.05) is 43.8 Å². The summed E-state index contributed by atoms with van der Waals surface area (Å²) in [4.78, 5) is 13.9. The third kappa shape index (κ3) is 2.90. The minimum absolute atomic E-state index is 0.0800. The number of aromatic nitrogens is 2. The van der Waals surface area contributed by atoms with E-state index in [-0.39, 0.29) is 11.3 Å². The molecule has 98 valence electrons. The molecule has 0 spiro atoms. The molecule has 0 atom stereocenters. The van der Waals surface area contributed by atoms with Crippen molar-refractivity contribution in [1.29, 1.82) is 0 Å². The molecule has 0 fully saturated rings. The Balaban J connectivity index is 2.06. The van der Waals surface area contributed by atoms with Gasteiger partial charge in [-0.25, -0.2) is 0 Å². The zero-order chi connectivity index (χ0) is 13.3. The highest BCUT2D eigenvalue weighted by Gasteiger charge is 2.25. The van der Waals surface area contributed by atoms with E-state index in [0.717, 1.165) is 24.3 Å². The average Bonchev–Trinajstić information content (AvgIpc) is 2.74. The Kier molecular flexibility index (Phi) is 3.73. The number of carbonyl (C=O) groups is 1. The lowest BCUT2D eigenvalue weighted by Gasteiger charge is -2.31. The van der Waals surface area contributed by atoms with Crippen LogP contribution in [-0.2, 0) is 0 Å². The molecule has 1 aliphatic rings. The molecule has 1 amide bonds. The molecule has 2 rings (SSSR count). The molecule has 0 aliphatic carbocycles. The highest BCUT2D eigenvalue weighted by Crippen LogP contribution is 2.30. The van der Waals surface area contributed by atoms with Gasteiger partial charge in [0.25, 0.3) is 5.91 Å². The van der Waals surface area contributed by atoms with E-state index in [1.165, 1.54) is 5.57 Å². The van der Waals surface area contributed by atoms with Crippen LogP contribution in [0.4, 0.5) is 0 Å². The van der Waals surface area contributed by atoms with Gasteiger partial charge >= 0.3 is 0 Å². The van der Waals surface area contributed by atoms with Crippen LogP contribution in [0.1, 0.15) is 37.0 Å². The maximum Gasteiger partial charge on any atom is 0.285 e. The Morgan fingerprint density at radius 3 is 2.61 bits per heavy atom. The molecular weight excluding hydrogens is 270 g/mol. The summed E-state index contributed by atoms with van der Waals surface area (Å²) in [6.45, 7) is 7.96. The smallest absolute Gasteiger partial charge is 0.285 e. The largest absolute Gasteiger partial charge is 0.332 e. The molecule has 1 aromatic rings. The average molecular weight is 286 g/mol. The lowest BCUT2D eigenvalue weighted by atomic mass is 9.83. The van der Waals surface area contributed by atoms with Crippen LogP contribution >= 0.6 is 22.9 Å². The summed E-state index contributed by atoms with van der Waals surface area (Å²) in [5, 5.41) is 7.81. The summed E-state index contributed by atoms with van der Waals surface area (Å²) in [6, 6.07) is 0. The quantitative estimate of drug-likeness (QED) is 0.745. The van der Waals surface area contributed by atoms with Crippen LogP contribution in [0.5, 0.6) is 0 Å². The predicted molar refractivity (Wildman–Crippen MR) is 73.0 cm³/mol. The Morgan fingerprint density at radius 1 is 1.44 bits per heavy atom. The molecule has 0 radical (unpaired) electrons. The molecule has 1 aromatic heterocycles. The molecular formula is C12H16ClN3OS. The molecule has 0 saturated carbocycles. The van der Waals surface area contributed by atoms with E-state index < -0.39 is 0 Å². The van der Waals surface area contributed by atoms with Gasteiger partial charge in [0.05, 0.1) is 0 Å². The van der Waals surface area contributed by atoms with Crippen LogP contribution in [-0.4, -0.2) is 34.1 Å². The number of rotatable bonds is 1. The number of hydrogen-bond acceptors (Lipinski definition) is 4. The second kappa shape index (κ2) is 4.97. The van der Waals surface area contributed by atoms with Gasteiger partial charge in [0, 0.05) is 13.1 Å². The molecule has 0 aromatic carbocycles. The van der Waals surface area contributed by atoms with E-state index in [0.29, 0.717) is 16.0 Å². The van der Waals surface area contributed by atoms with Crippen molar-refractivity contribution in [2.45, 2.75) is 27.2 Å². The summed E-state index contributed by atoms with van der Waals surface area (Å²) in [5.41, 5.74) is 1.59. The van der Waals surface area contributed by atoms with Crippen molar-refractivity contribution in [1.82, 2.24) is 15.1 Å². The first-order chi connectivity index (χ1) is 8.38. The van der Waals surface area contributed by atoms with Gasteiger partial charge in [-0.15, -0.1) is 10.2 Å². The zero-order valence-electron chi connectivity index (χ0n) is 10.7. The molecule has 18 heavy (non-hydrogen) atoms. The van der Waals surface area contributed by atoms with Gasteiger partial charge in [-0.2, -0.15) is 0 Å². The molecule has 4 nitrogen and oxygen atoms in total. The SMILES string of the molecule is CC(C)(C)C1=CCN(C(=O)c2nnc(Cl)s2)CC1. The first kappa shape index (κ1) is 13.5. The van der Waals surface area contributed by atoms with Gasteiger partial charge in [-0.3, -0.25) is 4.79 Å². The first-order valence-corrected chi connectivity index (χ1v) is 7.05. The molecule has 2 heterocycles. The van der Waals surface area contributed by atoms with Crippen LogP contribution < -0.4 is 0 Å². The molecule has 0 N–H and O–H groups in total. The maximum absolute atomic E-state index is 12.1. The van der Waals surface area contributed by atoms with Crippen molar-refractivity contribution < 1.29 is 4.79 Å². The van der Waals surface area contributed by atoms with Crippen molar-refractivity contribution in [3.05, 3.63) is 21.1 Å². The van der Waals surface area contributed by atoms with Crippen LogP contribution in [0.3, 0.4) is 0 Å². The van der Waals surface area contributed by atoms with Gasteiger partial charge < -0.3 is 4.90 Å². The normalized spacial score (nSPS) is 16.7. The highest BCUT2D eigenvalue weighted by molar-refractivity contribution is 7.17. The van der Waals surface area contributed by atoms with Crippen LogP contribution in [0, 0.1) is 5.41 Å². The molecule has 0 bridgehead atoms. The lowest BCUT2D eigenvalue weighted by molar-refractivity contribution is 0.0763. The third-order valence-electron chi connectivity index (χ3n) is 3.04. The molecule has 1 aliphatic heterocycles. The molecule has 0 unspecified atom stereocenters. The highest BCUT2D eigenvalue weighted by atomic mass is 35.5. The monoisotopic (exact) mass is 285 g/mol. The fourth-order valence-electron chi connectivity index (χ4n) is 1.96. The molecule has 6 heteroatoms. The van der Waals surface area contributed by atoms with Gasteiger partial charge in [0.1, 0.15) is 0 Å². The number of halogens is 1. The van der Waals surface area contributed by atoms with E-state index in [1.807, 2.05) is 0 Å². The van der Waals surface area contributed by atoms with Gasteiger partial charge in [0.2, 0.25) is 9.47 Å². The summed E-state index contributed by atoms with van der Waals surface area (Å²) >= 11 is 6.82. The van der Waals surface area contributed by atoms with Gasteiger partial charge in [0.15, 0.2) is 0 Å². The second-order valence-corrected chi connectivity index (χ2v) is 6.90. The summed E-state index contributed by atoms with van der Waals surface area (Å²) in [7, 11) is 0. The van der Waals surface area contributed by atoms with E-state index in [9.17, 15) is 4.79 Å². The zero-order valence-corrected chi connectivity index (χ0v) is 12.3. The standard InChI is InChI=1S/C12H16ClN3OS/c1-12(2,3)8-4-6-16(7-5-8)10(17)9-14-15-11(13)18-9/h4H,5-7H2,1-3H3. The Hall–Kier alpha value is -0.940. The predicted octanol–water partition coefficient (Wildman–Crippen LogP) is 3.01. The fraction of sp³-hybridized carbons (Fsp3) is 0.583. The van der Waals surface area contributed by atoms with Crippen molar-refractivity contribution >= 4 is 28.8 Å².